The van der Waals surface area contributed by atoms with Gasteiger partial charge in [0, 0.05) is 25.8 Å². The van der Waals surface area contributed by atoms with Gasteiger partial charge in [-0.15, -0.1) is 0 Å². The number of nitrogens with zero attached hydrogens (tertiary/aromatic N) is 3. The Morgan fingerprint density at radius 2 is 2.20 bits per heavy atom. The minimum Gasteiger partial charge on any atom is -0.444 e. The summed E-state index contributed by atoms with van der Waals surface area (Å²) in [5, 5.41) is 6.34. The van der Waals surface area contributed by atoms with Crippen LogP contribution in [-0.4, -0.2) is 53.2 Å². The number of carbonyl (C=O) groups is 1. The lowest BCUT2D eigenvalue weighted by molar-refractivity contribution is 0.00700. The Kier molecular flexibility index (Phi) is 6.17. The van der Waals surface area contributed by atoms with Gasteiger partial charge in [-0.1, -0.05) is 0 Å². The number of guanidine groups is 1. The molecule has 0 spiro atoms. The van der Waals surface area contributed by atoms with E-state index in [1.165, 1.54) is 6.07 Å². The Bertz CT molecular complexity index is 624. The van der Waals surface area contributed by atoms with Crippen molar-refractivity contribution in [1.82, 2.24) is 20.5 Å². The van der Waals surface area contributed by atoms with E-state index in [0.717, 1.165) is 0 Å². The quantitative estimate of drug-likeness (QED) is 0.640. The van der Waals surface area contributed by atoms with Crippen molar-refractivity contribution >= 4 is 12.1 Å². The number of pyridine rings is 1. The highest BCUT2D eigenvalue weighted by molar-refractivity contribution is 5.80. The molecule has 138 valence electrons. The third-order valence-electron chi connectivity index (χ3n) is 3.44. The third kappa shape index (κ3) is 5.88. The Labute approximate surface area is 147 Å². The summed E-state index contributed by atoms with van der Waals surface area (Å²) in [7, 11) is 0. The molecular formula is C17H26FN5O2. The number of amides is 1. The molecule has 1 aliphatic rings. The van der Waals surface area contributed by atoms with Crippen molar-refractivity contribution in [3.63, 3.8) is 0 Å². The van der Waals surface area contributed by atoms with Crippen LogP contribution in [0.2, 0.25) is 0 Å². The van der Waals surface area contributed by atoms with Crippen molar-refractivity contribution in [1.29, 1.82) is 0 Å². The summed E-state index contributed by atoms with van der Waals surface area (Å²) < 4.78 is 18.9. The van der Waals surface area contributed by atoms with Crippen molar-refractivity contribution in [2.45, 2.75) is 45.9 Å². The number of aromatic nitrogens is 1. The van der Waals surface area contributed by atoms with E-state index in [2.05, 4.69) is 20.6 Å². The molecule has 0 radical (unpaired) electrons. The number of carbonyl (C=O) groups excluding carboxylic acids is 1. The van der Waals surface area contributed by atoms with Gasteiger partial charge < -0.3 is 20.3 Å². The van der Waals surface area contributed by atoms with Crippen LogP contribution in [0.5, 0.6) is 0 Å². The molecule has 0 atom stereocenters. The first-order chi connectivity index (χ1) is 11.8. The van der Waals surface area contributed by atoms with Crippen LogP contribution in [0, 0.1) is 5.82 Å². The van der Waals surface area contributed by atoms with E-state index in [9.17, 15) is 9.18 Å². The van der Waals surface area contributed by atoms with Crippen LogP contribution in [0.15, 0.2) is 23.3 Å². The topological polar surface area (TPSA) is 78.9 Å². The van der Waals surface area contributed by atoms with Crippen LogP contribution in [0.4, 0.5) is 9.18 Å². The van der Waals surface area contributed by atoms with E-state index < -0.39 is 5.60 Å². The van der Waals surface area contributed by atoms with Crippen LogP contribution in [-0.2, 0) is 11.3 Å². The monoisotopic (exact) mass is 351 g/mol. The average Bonchev–Trinajstić information content (AvgIpc) is 2.47. The van der Waals surface area contributed by atoms with E-state index in [4.69, 9.17) is 4.74 Å². The molecule has 25 heavy (non-hydrogen) atoms. The van der Waals surface area contributed by atoms with Crippen molar-refractivity contribution < 1.29 is 13.9 Å². The molecule has 2 N–H and O–H groups in total. The lowest BCUT2D eigenvalue weighted by atomic mass is 10.1. The molecule has 1 aliphatic heterocycles. The summed E-state index contributed by atoms with van der Waals surface area (Å²) >= 11 is 0. The summed E-state index contributed by atoms with van der Waals surface area (Å²) in [5.74, 6) is 0.197. The smallest absolute Gasteiger partial charge is 0.410 e. The van der Waals surface area contributed by atoms with Gasteiger partial charge >= 0.3 is 6.09 Å². The summed E-state index contributed by atoms with van der Waals surface area (Å²) in [6.45, 7) is 9.37. The molecule has 0 aliphatic carbocycles. The summed E-state index contributed by atoms with van der Waals surface area (Å²) in [5.41, 5.74) is -0.206. The fourth-order valence-electron chi connectivity index (χ4n) is 2.25. The maximum absolute atomic E-state index is 13.6. The lowest BCUT2D eigenvalue weighted by Gasteiger charge is -2.40. The highest BCUT2D eigenvalue weighted by atomic mass is 19.1. The predicted octanol–water partition coefficient (Wildman–Crippen LogP) is 1.90. The fourth-order valence-corrected chi connectivity index (χ4v) is 2.25. The molecule has 8 heteroatoms. The highest BCUT2D eigenvalue weighted by Crippen LogP contribution is 2.15. The van der Waals surface area contributed by atoms with Crippen molar-refractivity contribution in [2.75, 3.05) is 19.6 Å². The normalized spacial score (nSPS) is 15.6. The average molecular weight is 351 g/mol. The van der Waals surface area contributed by atoms with E-state index >= 15 is 0 Å². The number of rotatable bonds is 4. The molecule has 2 rings (SSSR count). The molecule has 1 aromatic heterocycles. The maximum Gasteiger partial charge on any atom is 0.410 e. The molecule has 0 aromatic carbocycles. The SMILES string of the molecule is CCNC(=NCc1ncccc1F)NC1CN(C(=O)OC(C)(C)C)C1. The van der Waals surface area contributed by atoms with Crippen LogP contribution in [0.3, 0.4) is 0 Å². The standard InChI is InChI=1S/C17H26FN5O2/c1-5-19-15(21-9-14-13(18)7-6-8-20-14)22-12-10-23(11-12)16(24)25-17(2,3)4/h6-8,12H,5,9-11H2,1-4H3,(H2,19,21,22). The van der Waals surface area contributed by atoms with Crippen LogP contribution in [0.1, 0.15) is 33.4 Å². The van der Waals surface area contributed by atoms with Crippen molar-refractivity contribution in [3.8, 4) is 0 Å². The molecule has 0 bridgehead atoms. The second kappa shape index (κ2) is 8.13. The molecule has 1 fully saturated rings. The zero-order valence-corrected chi connectivity index (χ0v) is 15.2. The first-order valence-electron chi connectivity index (χ1n) is 8.40. The zero-order chi connectivity index (χ0) is 18.4. The van der Waals surface area contributed by atoms with E-state index in [1.807, 2.05) is 27.7 Å². The van der Waals surface area contributed by atoms with Gasteiger partial charge in [-0.05, 0) is 39.8 Å². The molecule has 1 saturated heterocycles. The highest BCUT2D eigenvalue weighted by Gasteiger charge is 2.34. The third-order valence-corrected chi connectivity index (χ3v) is 3.44. The first kappa shape index (κ1) is 19.0. The maximum atomic E-state index is 13.6. The minimum absolute atomic E-state index is 0.0823. The van der Waals surface area contributed by atoms with Gasteiger partial charge in [0.1, 0.15) is 11.4 Å². The predicted molar refractivity (Wildman–Crippen MR) is 93.7 cm³/mol. The Morgan fingerprint density at radius 1 is 1.48 bits per heavy atom. The number of hydrogen-bond donors (Lipinski definition) is 2. The molecular weight excluding hydrogens is 325 g/mol. The van der Waals surface area contributed by atoms with Crippen molar-refractivity contribution in [2.24, 2.45) is 4.99 Å². The second-order valence-electron chi connectivity index (χ2n) is 6.85. The van der Waals surface area contributed by atoms with Gasteiger partial charge in [0.2, 0.25) is 0 Å². The van der Waals surface area contributed by atoms with Crippen LogP contribution in [0.25, 0.3) is 0 Å². The number of halogens is 1. The summed E-state index contributed by atoms with van der Waals surface area (Å²) in [6.07, 6.45) is 1.22. The second-order valence-corrected chi connectivity index (χ2v) is 6.85. The molecule has 2 heterocycles. The van der Waals surface area contributed by atoms with Gasteiger partial charge in [0.05, 0.1) is 18.3 Å². The number of hydrogen-bond acceptors (Lipinski definition) is 4. The number of likely N-dealkylation sites (tertiary alicyclic amines) is 1. The zero-order valence-electron chi connectivity index (χ0n) is 15.2. The van der Waals surface area contributed by atoms with Gasteiger partial charge in [-0.25, -0.2) is 14.2 Å². The Hall–Kier alpha value is -2.38. The summed E-state index contributed by atoms with van der Waals surface area (Å²) in [4.78, 5) is 21.9. The van der Waals surface area contributed by atoms with Gasteiger partial charge in [0.15, 0.2) is 5.96 Å². The van der Waals surface area contributed by atoms with Gasteiger partial charge in [-0.2, -0.15) is 0 Å². The van der Waals surface area contributed by atoms with E-state index in [-0.39, 0.29) is 24.5 Å². The van der Waals surface area contributed by atoms with E-state index in [0.29, 0.717) is 31.3 Å². The summed E-state index contributed by atoms with van der Waals surface area (Å²) in [6, 6.07) is 2.99. The minimum atomic E-state index is -0.501. The van der Waals surface area contributed by atoms with Crippen LogP contribution >= 0.6 is 0 Å². The lowest BCUT2D eigenvalue weighted by Crippen LogP contribution is -2.63. The molecule has 0 saturated carbocycles. The van der Waals surface area contributed by atoms with Crippen LogP contribution < -0.4 is 10.6 Å². The molecule has 1 amide bonds. The Balaban J connectivity index is 1.86. The van der Waals surface area contributed by atoms with E-state index in [1.54, 1.807) is 17.2 Å². The first-order valence-corrected chi connectivity index (χ1v) is 8.40. The molecule has 0 unspecified atom stereocenters. The number of nitrogens with one attached hydrogen (secondary N) is 2. The van der Waals surface area contributed by atoms with Gasteiger partial charge in [-0.3, -0.25) is 4.98 Å². The number of ether oxygens (including phenoxy) is 1. The Morgan fingerprint density at radius 3 is 2.80 bits per heavy atom. The molecule has 1 aromatic rings. The fraction of sp³-hybridized carbons (Fsp3) is 0.588. The van der Waals surface area contributed by atoms with Crippen molar-refractivity contribution in [3.05, 3.63) is 29.8 Å². The molecule has 7 nitrogen and oxygen atoms in total. The van der Waals surface area contributed by atoms with Gasteiger partial charge in [0.25, 0.3) is 0 Å². The number of aliphatic imine (C=N–C) groups is 1. The largest absolute Gasteiger partial charge is 0.444 e.